The minimum atomic E-state index is 0.550. The van der Waals surface area contributed by atoms with Crippen molar-refractivity contribution >= 4 is 5.65 Å². The van der Waals surface area contributed by atoms with E-state index in [9.17, 15) is 0 Å². The number of ether oxygens (including phenoxy) is 2. The zero-order valence-corrected chi connectivity index (χ0v) is 11.6. The van der Waals surface area contributed by atoms with Crippen LogP contribution in [0.1, 0.15) is 5.56 Å². The SMILES string of the molecule is COc1ccc(-c2nc3cc(C#N)ccn3n2)cc1OC. The van der Waals surface area contributed by atoms with Gasteiger partial charge in [0.1, 0.15) is 0 Å². The van der Waals surface area contributed by atoms with Crippen LogP contribution in [0.5, 0.6) is 11.5 Å². The quantitative estimate of drug-likeness (QED) is 0.736. The van der Waals surface area contributed by atoms with Crippen LogP contribution in [-0.4, -0.2) is 28.8 Å². The van der Waals surface area contributed by atoms with Crippen molar-refractivity contribution in [1.82, 2.24) is 14.6 Å². The summed E-state index contributed by atoms with van der Waals surface area (Å²) in [6.45, 7) is 0. The highest BCUT2D eigenvalue weighted by Crippen LogP contribution is 2.31. The van der Waals surface area contributed by atoms with Crippen molar-refractivity contribution in [3.8, 4) is 29.0 Å². The molecule has 0 bridgehead atoms. The van der Waals surface area contributed by atoms with Crippen LogP contribution in [0.4, 0.5) is 0 Å². The van der Waals surface area contributed by atoms with Gasteiger partial charge < -0.3 is 9.47 Å². The Labute approximate surface area is 121 Å². The molecule has 21 heavy (non-hydrogen) atoms. The molecule has 0 radical (unpaired) electrons. The fraction of sp³-hybridized carbons (Fsp3) is 0.133. The van der Waals surface area contributed by atoms with E-state index in [0.717, 1.165) is 5.56 Å². The summed E-state index contributed by atoms with van der Waals surface area (Å²) in [5.41, 5.74) is 1.99. The van der Waals surface area contributed by atoms with Gasteiger partial charge in [-0.2, -0.15) is 5.26 Å². The third kappa shape index (κ3) is 2.25. The summed E-state index contributed by atoms with van der Waals surface area (Å²) in [5, 5.41) is 13.3. The van der Waals surface area contributed by atoms with Crippen molar-refractivity contribution in [2.45, 2.75) is 0 Å². The Bertz CT molecular complexity index is 848. The van der Waals surface area contributed by atoms with Crippen LogP contribution in [0.3, 0.4) is 0 Å². The number of fused-ring (bicyclic) bond motifs is 1. The van der Waals surface area contributed by atoms with E-state index in [1.807, 2.05) is 12.1 Å². The first kappa shape index (κ1) is 12.9. The van der Waals surface area contributed by atoms with Gasteiger partial charge in [-0.15, -0.1) is 5.10 Å². The number of benzene rings is 1. The van der Waals surface area contributed by atoms with E-state index in [4.69, 9.17) is 14.7 Å². The summed E-state index contributed by atoms with van der Waals surface area (Å²) >= 11 is 0. The fourth-order valence-corrected chi connectivity index (χ4v) is 2.05. The number of methoxy groups -OCH3 is 2. The number of nitrogens with zero attached hydrogens (tertiary/aromatic N) is 4. The Kier molecular flexibility index (Phi) is 3.16. The van der Waals surface area contributed by atoms with Gasteiger partial charge in [0.05, 0.1) is 25.9 Å². The topological polar surface area (TPSA) is 72.4 Å². The molecule has 0 saturated heterocycles. The van der Waals surface area contributed by atoms with Gasteiger partial charge in [0.15, 0.2) is 23.0 Å². The van der Waals surface area contributed by atoms with E-state index in [0.29, 0.717) is 28.5 Å². The molecule has 3 rings (SSSR count). The molecule has 104 valence electrons. The summed E-state index contributed by atoms with van der Waals surface area (Å²) in [5.74, 6) is 1.83. The first-order valence-electron chi connectivity index (χ1n) is 6.24. The highest BCUT2D eigenvalue weighted by atomic mass is 16.5. The van der Waals surface area contributed by atoms with Crippen molar-refractivity contribution < 1.29 is 9.47 Å². The van der Waals surface area contributed by atoms with Gasteiger partial charge in [-0.3, -0.25) is 0 Å². The normalized spacial score (nSPS) is 10.3. The molecular weight excluding hydrogens is 268 g/mol. The largest absolute Gasteiger partial charge is 0.493 e. The molecule has 1 aromatic carbocycles. The maximum Gasteiger partial charge on any atom is 0.182 e. The molecule has 3 aromatic rings. The lowest BCUT2D eigenvalue weighted by Crippen LogP contribution is -1.91. The van der Waals surface area contributed by atoms with Crippen LogP contribution in [0.25, 0.3) is 17.0 Å². The first-order valence-corrected chi connectivity index (χ1v) is 6.24. The Hall–Kier alpha value is -3.07. The van der Waals surface area contributed by atoms with E-state index in [1.54, 1.807) is 43.1 Å². The summed E-state index contributed by atoms with van der Waals surface area (Å²) in [6, 6.07) is 11.0. The van der Waals surface area contributed by atoms with E-state index >= 15 is 0 Å². The zero-order valence-electron chi connectivity index (χ0n) is 11.6. The monoisotopic (exact) mass is 280 g/mol. The standard InChI is InChI=1S/C15H12N4O2/c1-20-12-4-3-11(8-13(12)21-2)15-17-14-7-10(9-16)5-6-19(14)18-15/h3-8H,1-2H3. The summed E-state index contributed by atoms with van der Waals surface area (Å²) in [4.78, 5) is 4.43. The molecule has 0 aliphatic carbocycles. The molecule has 0 atom stereocenters. The number of aromatic nitrogens is 3. The number of nitriles is 1. The van der Waals surface area contributed by atoms with Crippen molar-refractivity contribution in [1.29, 1.82) is 5.26 Å². The van der Waals surface area contributed by atoms with Crippen LogP contribution in [0, 0.1) is 11.3 Å². The Morgan fingerprint density at radius 2 is 1.90 bits per heavy atom. The summed E-state index contributed by atoms with van der Waals surface area (Å²) in [6.07, 6.45) is 1.71. The molecule has 0 unspecified atom stereocenters. The van der Waals surface area contributed by atoms with Crippen molar-refractivity contribution in [2.75, 3.05) is 14.2 Å². The predicted molar refractivity (Wildman–Crippen MR) is 76.2 cm³/mol. The van der Waals surface area contributed by atoms with E-state index in [2.05, 4.69) is 16.2 Å². The second kappa shape index (κ2) is 5.13. The van der Waals surface area contributed by atoms with Gasteiger partial charge in [-0.05, 0) is 24.3 Å². The van der Waals surface area contributed by atoms with E-state index < -0.39 is 0 Å². The van der Waals surface area contributed by atoms with Gasteiger partial charge in [0.25, 0.3) is 0 Å². The van der Waals surface area contributed by atoms with Crippen LogP contribution >= 0.6 is 0 Å². The minimum absolute atomic E-state index is 0.550. The lowest BCUT2D eigenvalue weighted by Gasteiger charge is -2.07. The van der Waals surface area contributed by atoms with Crippen molar-refractivity contribution in [3.63, 3.8) is 0 Å². The second-order valence-corrected chi connectivity index (χ2v) is 4.34. The summed E-state index contributed by atoms with van der Waals surface area (Å²) < 4.78 is 12.1. The average Bonchev–Trinajstić information content (AvgIpc) is 2.96. The Balaban J connectivity index is 2.10. The number of rotatable bonds is 3. The van der Waals surface area contributed by atoms with Gasteiger partial charge in [0.2, 0.25) is 0 Å². The molecule has 6 heteroatoms. The highest BCUT2D eigenvalue weighted by Gasteiger charge is 2.11. The molecule has 0 fully saturated rings. The molecule has 2 aromatic heterocycles. The smallest absolute Gasteiger partial charge is 0.182 e. The molecule has 2 heterocycles. The molecule has 0 spiro atoms. The molecule has 0 saturated carbocycles. The predicted octanol–water partition coefficient (Wildman–Crippen LogP) is 2.29. The van der Waals surface area contributed by atoms with Gasteiger partial charge in [-0.25, -0.2) is 9.50 Å². The zero-order chi connectivity index (χ0) is 14.8. The fourth-order valence-electron chi connectivity index (χ4n) is 2.05. The molecule has 0 N–H and O–H groups in total. The Morgan fingerprint density at radius 3 is 2.62 bits per heavy atom. The average molecular weight is 280 g/mol. The third-order valence-corrected chi connectivity index (χ3v) is 3.11. The van der Waals surface area contributed by atoms with E-state index in [-0.39, 0.29) is 0 Å². The van der Waals surface area contributed by atoms with Crippen LogP contribution in [-0.2, 0) is 0 Å². The van der Waals surface area contributed by atoms with Gasteiger partial charge >= 0.3 is 0 Å². The maximum absolute atomic E-state index is 8.91. The number of pyridine rings is 1. The van der Waals surface area contributed by atoms with Crippen LogP contribution in [0.15, 0.2) is 36.5 Å². The highest BCUT2D eigenvalue weighted by molar-refractivity contribution is 5.63. The lowest BCUT2D eigenvalue weighted by molar-refractivity contribution is 0.355. The maximum atomic E-state index is 8.91. The minimum Gasteiger partial charge on any atom is -0.493 e. The number of hydrogen-bond donors (Lipinski definition) is 0. The second-order valence-electron chi connectivity index (χ2n) is 4.34. The molecule has 0 aliphatic rings. The molecular formula is C15H12N4O2. The van der Waals surface area contributed by atoms with Gasteiger partial charge in [-0.1, -0.05) is 0 Å². The molecule has 0 amide bonds. The number of hydrogen-bond acceptors (Lipinski definition) is 5. The van der Waals surface area contributed by atoms with Crippen LogP contribution < -0.4 is 9.47 Å². The van der Waals surface area contributed by atoms with Crippen LogP contribution in [0.2, 0.25) is 0 Å². The van der Waals surface area contributed by atoms with Crippen molar-refractivity contribution in [3.05, 3.63) is 42.1 Å². The molecule has 6 nitrogen and oxygen atoms in total. The van der Waals surface area contributed by atoms with Crippen molar-refractivity contribution in [2.24, 2.45) is 0 Å². The Morgan fingerprint density at radius 1 is 1.10 bits per heavy atom. The molecule has 0 aliphatic heterocycles. The van der Waals surface area contributed by atoms with E-state index in [1.165, 1.54) is 0 Å². The summed E-state index contributed by atoms with van der Waals surface area (Å²) in [7, 11) is 3.17. The van der Waals surface area contributed by atoms with Gasteiger partial charge in [0, 0.05) is 17.8 Å². The first-order chi connectivity index (χ1) is 10.2. The lowest BCUT2D eigenvalue weighted by atomic mass is 10.2. The third-order valence-electron chi connectivity index (χ3n) is 3.11.